The van der Waals surface area contributed by atoms with Gasteiger partial charge in [0.2, 0.25) is 5.91 Å². The molecule has 0 unspecified atom stereocenters. The zero-order chi connectivity index (χ0) is 9.84. The summed E-state index contributed by atoms with van der Waals surface area (Å²) in [7, 11) is 3.92. The number of likely N-dealkylation sites (tertiary alicyclic amines) is 1. The number of nitrogens with zero attached hydrogens (tertiary/aromatic N) is 2. The molecule has 0 aromatic rings. The molecule has 4 heteroatoms. The van der Waals surface area contributed by atoms with Gasteiger partial charge in [-0.1, -0.05) is 0 Å². The van der Waals surface area contributed by atoms with Gasteiger partial charge in [-0.3, -0.25) is 4.79 Å². The zero-order valence-corrected chi connectivity index (χ0v) is 9.05. The molecule has 1 amide bonds. The molecule has 0 aromatic carbocycles. The van der Waals surface area contributed by atoms with Gasteiger partial charge in [-0.25, -0.2) is 0 Å². The second-order valence-corrected chi connectivity index (χ2v) is 3.95. The van der Waals surface area contributed by atoms with Crippen LogP contribution < -0.4 is 0 Å². The van der Waals surface area contributed by atoms with Crippen molar-refractivity contribution in [3.05, 3.63) is 0 Å². The average Bonchev–Trinajstić information content (AvgIpc) is 2.50. The molecule has 1 fully saturated rings. The number of hydrogen-bond acceptors (Lipinski definition) is 2. The van der Waals surface area contributed by atoms with E-state index in [0.717, 1.165) is 13.1 Å². The summed E-state index contributed by atoms with van der Waals surface area (Å²) >= 11 is 5.46. The fraction of sp³-hybridized carbons (Fsp3) is 0.889. The third-order valence-electron chi connectivity index (χ3n) is 2.70. The van der Waals surface area contributed by atoms with Gasteiger partial charge < -0.3 is 9.80 Å². The first-order valence-electron chi connectivity index (χ1n) is 4.65. The smallest absolute Gasteiger partial charge is 0.237 e. The summed E-state index contributed by atoms with van der Waals surface area (Å²) in [4.78, 5) is 15.2. The number of carbonyl (C=O) groups is 1. The molecule has 0 aromatic heterocycles. The van der Waals surface area contributed by atoms with E-state index in [1.807, 2.05) is 7.05 Å². The number of likely N-dealkylation sites (N-methyl/N-ethyl adjacent to an activating group) is 2. The summed E-state index contributed by atoms with van der Waals surface area (Å²) < 4.78 is 0. The van der Waals surface area contributed by atoms with Gasteiger partial charge in [-0.15, -0.1) is 11.6 Å². The average molecular weight is 205 g/mol. The summed E-state index contributed by atoms with van der Waals surface area (Å²) in [6.45, 7) is 1.95. The van der Waals surface area contributed by atoms with Gasteiger partial charge in [0.05, 0.1) is 0 Å². The molecule has 0 spiro atoms. The third-order valence-corrected chi connectivity index (χ3v) is 2.92. The van der Waals surface area contributed by atoms with Gasteiger partial charge in [0, 0.05) is 19.6 Å². The lowest BCUT2D eigenvalue weighted by Gasteiger charge is -2.25. The highest BCUT2D eigenvalue weighted by atomic mass is 35.5. The second-order valence-electron chi connectivity index (χ2n) is 3.68. The highest BCUT2D eigenvalue weighted by Crippen LogP contribution is 2.15. The molecule has 0 N–H and O–H groups in total. The van der Waals surface area contributed by atoms with Crippen LogP contribution in [0, 0.1) is 0 Å². The summed E-state index contributed by atoms with van der Waals surface area (Å²) in [5, 5.41) is 0. The molecule has 1 saturated heterocycles. The van der Waals surface area contributed by atoms with Gasteiger partial charge in [-0.05, 0) is 26.4 Å². The molecule has 1 heterocycles. The van der Waals surface area contributed by atoms with Crippen LogP contribution in [0.25, 0.3) is 0 Å². The largest absolute Gasteiger partial charge is 0.343 e. The van der Waals surface area contributed by atoms with Gasteiger partial charge in [0.1, 0.15) is 5.88 Å². The maximum atomic E-state index is 11.2. The van der Waals surface area contributed by atoms with Crippen molar-refractivity contribution >= 4 is 17.5 Å². The van der Waals surface area contributed by atoms with Gasteiger partial charge in [-0.2, -0.15) is 0 Å². The van der Waals surface area contributed by atoms with E-state index in [0.29, 0.717) is 6.04 Å². The molecule has 0 radical (unpaired) electrons. The minimum atomic E-state index is 0.0157. The van der Waals surface area contributed by atoms with E-state index >= 15 is 0 Å². The first kappa shape index (κ1) is 10.8. The number of hydrogen-bond donors (Lipinski definition) is 0. The fourth-order valence-corrected chi connectivity index (χ4v) is 1.93. The molecular weight excluding hydrogens is 188 g/mol. The molecule has 1 atom stereocenters. The van der Waals surface area contributed by atoms with Crippen LogP contribution in [-0.4, -0.2) is 54.8 Å². The maximum absolute atomic E-state index is 11.2. The summed E-state index contributed by atoms with van der Waals surface area (Å²) in [5.41, 5.74) is 0. The highest BCUT2D eigenvalue weighted by Gasteiger charge is 2.23. The Morgan fingerprint density at radius 3 is 2.85 bits per heavy atom. The summed E-state index contributed by atoms with van der Waals surface area (Å²) in [6.07, 6.45) is 2.43. The van der Waals surface area contributed by atoms with E-state index in [1.54, 1.807) is 4.90 Å². The maximum Gasteiger partial charge on any atom is 0.237 e. The number of carbonyl (C=O) groups excluding carboxylic acids is 1. The van der Waals surface area contributed by atoms with Crippen molar-refractivity contribution in [3.63, 3.8) is 0 Å². The SMILES string of the molecule is CN(C[C@@H]1CCCN1C)C(=O)CCl. The van der Waals surface area contributed by atoms with E-state index in [9.17, 15) is 4.79 Å². The van der Waals surface area contributed by atoms with Crippen molar-refractivity contribution in [2.75, 3.05) is 33.1 Å². The number of alkyl halides is 1. The Morgan fingerprint density at radius 2 is 2.38 bits per heavy atom. The lowest BCUT2D eigenvalue weighted by Crippen LogP contribution is -2.40. The van der Waals surface area contributed by atoms with E-state index < -0.39 is 0 Å². The minimum Gasteiger partial charge on any atom is -0.343 e. The second kappa shape index (κ2) is 4.82. The fourth-order valence-electron chi connectivity index (χ4n) is 1.73. The topological polar surface area (TPSA) is 23.6 Å². The first-order chi connectivity index (χ1) is 6.15. The molecule has 0 bridgehead atoms. The van der Waals surface area contributed by atoms with Crippen LogP contribution in [0.5, 0.6) is 0 Å². The van der Waals surface area contributed by atoms with Crippen LogP contribution in [0.3, 0.4) is 0 Å². The van der Waals surface area contributed by atoms with Gasteiger partial charge in [0.25, 0.3) is 0 Å². The van der Waals surface area contributed by atoms with Gasteiger partial charge in [0.15, 0.2) is 0 Å². The monoisotopic (exact) mass is 204 g/mol. The Balaban J connectivity index is 2.34. The summed E-state index contributed by atoms with van der Waals surface area (Å²) in [5.74, 6) is 0.106. The standard InChI is InChI=1S/C9H17ClN2O/c1-11-5-3-4-8(11)7-12(2)9(13)6-10/h8H,3-7H2,1-2H3/t8-/m0/s1. The lowest BCUT2D eigenvalue weighted by molar-refractivity contribution is -0.127. The van der Waals surface area contributed by atoms with Crippen molar-refractivity contribution in [2.45, 2.75) is 18.9 Å². The number of amides is 1. The molecule has 76 valence electrons. The summed E-state index contributed by atoms with van der Waals surface area (Å²) in [6, 6.07) is 0.525. The highest BCUT2D eigenvalue weighted by molar-refractivity contribution is 6.27. The molecule has 0 aliphatic carbocycles. The lowest BCUT2D eigenvalue weighted by atomic mass is 10.2. The Morgan fingerprint density at radius 1 is 1.69 bits per heavy atom. The van der Waals surface area contributed by atoms with E-state index in [4.69, 9.17) is 11.6 Å². The number of rotatable bonds is 3. The van der Waals surface area contributed by atoms with Crippen LogP contribution in [0.1, 0.15) is 12.8 Å². The van der Waals surface area contributed by atoms with Crippen molar-refractivity contribution in [2.24, 2.45) is 0 Å². The predicted octanol–water partition coefficient (Wildman–Crippen LogP) is 0.778. The van der Waals surface area contributed by atoms with Crippen molar-refractivity contribution < 1.29 is 4.79 Å². The Bertz CT molecular complexity index is 186. The first-order valence-corrected chi connectivity index (χ1v) is 5.18. The normalized spacial score (nSPS) is 23.5. The van der Waals surface area contributed by atoms with E-state index in [1.165, 1.54) is 12.8 Å². The Kier molecular flexibility index (Phi) is 4.00. The quantitative estimate of drug-likeness (QED) is 0.635. The zero-order valence-electron chi connectivity index (χ0n) is 8.29. The van der Waals surface area contributed by atoms with E-state index in [-0.39, 0.29) is 11.8 Å². The van der Waals surface area contributed by atoms with Crippen molar-refractivity contribution in [3.8, 4) is 0 Å². The van der Waals surface area contributed by atoms with Crippen molar-refractivity contribution in [1.82, 2.24) is 9.80 Å². The van der Waals surface area contributed by atoms with Crippen LogP contribution in [0.4, 0.5) is 0 Å². The molecule has 0 saturated carbocycles. The van der Waals surface area contributed by atoms with Crippen LogP contribution in [0.15, 0.2) is 0 Å². The number of halogens is 1. The van der Waals surface area contributed by atoms with Crippen LogP contribution in [-0.2, 0) is 4.79 Å². The molecule has 1 rings (SSSR count). The van der Waals surface area contributed by atoms with Gasteiger partial charge >= 0.3 is 0 Å². The minimum absolute atomic E-state index is 0.0157. The third kappa shape index (κ3) is 2.85. The van der Waals surface area contributed by atoms with Crippen LogP contribution >= 0.6 is 11.6 Å². The molecule has 3 nitrogen and oxygen atoms in total. The van der Waals surface area contributed by atoms with Crippen molar-refractivity contribution in [1.29, 1.82) is 0 Å². The predicted molar refractivity (Wildman–Crippen MR) is 54.0 cm³/mol. The van der Waals surface area contributed by atoms with E-state index in [2.05, 4.69) is 11.9 Å². The molecule has 1 aliphatic rings. The molecular formula is C9H17ClN2O. The molecule has 13 heavy (non-hydrogen) atoms. The Hall–Kier alpha value is -0.280. The van der Waals surface area contributed by atoms with Crippen LogP contribution in [0.2, 0.25) is 0 Å². The Labute approximate surface area is 84.6 Å². The molecule has 1 aliphatic heterocycles.